The maximum Gasteiger partial charge on any atom is 0.270 e. The maximum absolute atomic E-state index is 12.9. The Labute approximate surface area is 167 Å². The molecule has 0 radical (unpaired) electrons. The monoisotopic (exact) mass is 444 g/mol. The molecule has 1 aliphatic heterocycles. The number of nitro groups is 1. The Hall–Kier alpha value is -2.01. The largest absolute Gasteiger partial charge is 0.270 e. The highest BCUT2D eigenvalue weighted by Crippen LogP contribution is 2.35. The fourth-order valence-corrected chi connectivity index (χ4v) is 6.92. The van der Waals surface area contributed by atoms with Gasteiger partial charge in [-0.25, -0.2) is 16.8 Å². The molecule has 1 aliphatic rings. The van der Waals surface area contributed by atoms with E-state index in [1.54, 1.807) is 24.3 Å². The Morgan fingerprint density at radius 3 is 2.50 bits per heavy atom. The van der Waals surface area contributed by atoms with Crippen molar-refractivity contribution >= 4 is 37.1 Å². The lowest BCUT2D eigenvalue weighted by molar-refractivity contribution is -0.385. The van der Waals surface area contributed by atoms with Crippen LogP contribution in [0.4, 0.5) is 5.69 Å². The van der Waals surface area contributed by atoms with E-state index in [1.807, 2.05) is 0 Å². The quantitative estimate of drug-likeness (QED) is 0.529. The molecule has 3 rings (SSSR count). The van der Waals surface area contributed by atoms with Gasteiger partial charge in [0.25, 0.3) is 5.69 Å². The summed E-state index contributed by atoms with van der Waals surface area (Å²) in [4.78, 5) is 10.0. The highest BCUT2D eigenvalue weighted by molar-refractivity contribution is 7.92. The minimum absolute atomic E-state index is 0.0415. The van der Waals surface area contributed by atoms with E-state index in [1.165, 1.54) is 18.2 Å². The van der Waals surface area contributed by atoms with E-state index in [4.69, 9.17) is 11.6 Å². The SMILES string of the molecule is O=[N+]([O-])c1cccc(S(=O)(=O)N2CCC(c3ccccc3Cl)S(=O)(=O)CC2)c1. The normalized spacial score (nSPS) is 20.4. The third-order valence-corrected chi connectivity index (χ3v) is 8.96. The number of sulfonamides is 1. The van der Waals surface area contributed by atoms with Crippen molar-refractivity contribution < 1.29 is 21.8 Å². The molecule has 0 N–H and O–H groups in total. The standard InChI is InChI=1S/C17H17ClN2O6S2/c18-16-7-2-1-6-15(16)17-8-9-19(10-11-27(17,23)24)28(25,26)14-5-3-4-13(12-14)20(21)22/h1-7,12,17H,8-11H2. The fourth-order valence-electron chi connectivity index (χ4n) is 3.16. The van der Waals surface area contributed by atoms with Crippen LogP contribution in [0.5, 0.6) is 0 Å². The van der Waals surface area contributed by atoms with Gasteiger partial charge in [0.15, 0.2) is 9.84 Å². The first-order valence-corrected chi connectivity index (χ1v) is 11.9. The van der Waals surface area contributed by atoms with Gasteiger partial charge in [0.1, 0.15) is 0 Å². The van der Waals surface area contributed by atoms with Crippen LogP contribution in [-0.2, 0) is 19.9 Å². The molecule has 1 saturated heterocycles. The van der Waals surface area contributed by atoms with Crippen LogP contribution in [0.2, 0.25) is 5.02 Å². The van der Waals surface area contributed by atoms with E-state index >= 15 is 0 Å². The number of nitrogens with zero attached hydrogens (tertiary/aromatic N) is 2. The number of non-ortho nitro benzene ring substituents is 1. The van der Waals surface area contributed by atoms with E-state index in [0.29, 0.717) is 10.6 Å². The molecular formula is C17H17ClN2O6S2. The Balaban J connectivity index is 1.93. The zero-order valence-corrected chi connectivity index (χ0v) is 17.0. The van der Waals surface area contributed by atoms with Gasteiger partial charge >= 0.3 is 0 Å². The van der Waals surface area contributed by atoms with Crippen LogP contribution in [0.3, 0.4) is 0 Å². The second-order valence-corrected chi connectivity index (χ2v) is 11.0. The second kappa shape index (κ2) is 7.78. The summed E-state index contributed by atoms with van der Waals surface area (Å²) in [6.07, 6.45) is 0.0419. The molecule has 8 nitrogen and oxygen atoms in total. The summed E-state index contributed by atoms with van der Waals surface area (Å²) in [5.74, 6) is -0.364. The Morgan fingerprint density at radius 2 is 1.82 bits per heavy atom. The molecule has 150 valence electrons. The number of rotatable bonds is 4. The minimum atomic E-state index is -4.08. The number of halogens is 1. The van der Waals surface area contributed by atoms with E-state index in [2.05, 4.69) is 0 Å². The zero-order valence-electron chi connectivity index (χ0n) is 14.6. The van der Waals surface area contributed by atoms with Gasteiger partial charge in [0.2, 0.25) is 10.0 Å². The highest BCUT2D eigenvalue weighted by atomic mass is 35.5. The van der Waals surface area contributed by atoms with Crippen molar-refractivity contribution in [1.82, 2.24) is 4.31 Å². The van der Waals surface area contributed by atoms with Crippen LogP contribution in [0.15, 0.2) is 53.4 Å². The Bertz CT molecular complexity index is 1120. The Morgan fingerprint density at radius 1 is 1.11 bits per heavy atom. The average molecular weight is 445 g/mol. The molecule has 1 atom stereocenters. The third-order valence-electron chi connectivity index (χ3n) is 4.62. The lowest BCUT2D eigenvalue weighted by Gasteiger charge is -2.19. The average Bonchev–Trinajstić information content (AvgIpc) is 2.81. The molecule has 0 aliphatic carbocycles. The van der Waals surface area contributed by atoms with Crippen LogP contribution in [0.25, 0.3) is 0 Å². The van der Waals surface area contributed by atoms with Crippen molar-refractivity contribution in [3.05, 3.63) is 69.2 Å². The van der Waals surface area contributed by atoms with E-state index in [9.17, 15) is 26.9 Å². The van der Waals surface area contributed by atoms with Crippen LogP contribution in [-0.4, -0.2) is 44.9 Å². The summed E-state index contributed by atoms with van der Waals surface area (Å²) in [7, 11) is -7.71. The fraction of sp³-hybridized carbons (Fsp3) is 0.294. The number of nitro benzene ring substituents is 1. The van der Waals surface area contributed by atoms with Crippen LogP contribution in [0.1, 0.15) is 17.2 Å². The predicted molar refractivity (Wildman–Crippen MR) is 104 cm³/mol. The molecule has 2 aromatic carbocycles. The minimum Gasteiger partial charge on any atom is -0.258 e. The molecule has 1 heterocycles. The van der Waals surface area contributed by atoms with Crippen molar-refractivity contribution in [2.45, 2.75) is 16.6 Å². The van der Waals surface area contributed by atoms with Crippen molar-refractivity contribution in [2.75, 3.05) is 18.8 Å². The molecule has 0 aromatic heterocycles. The number of hydrogen-bond acceptors (Lipinski definition) is 6. The first-order valence-electron chi connectivity index (χ1n) is 8.33. The highest BCUT2D eigenvalue weighted by Gasteiger charge is 2.36. The molecule has 1 fully saturated rings. The molecule has 2 aromatic rings. The van der Waals surface area contributed by atoms with Gasteiger partial charge in [-0.15, -0.1) is 0 Å². The van der Waals surface area contributed by atoms with Gasteiger partial charge in [-0.2, -0.15) is 4.31 Å². The second-order valence-electron chi connectivity index (χ2n) is 6.32. The Kier molecular flexibility index (Phi) is 5.76. The zero-order chi connectivity index (χ0) is 20.5. The van der Waals surface area contributed by atoms with Crippen molar-refractivity contribution in [3.63, 3.8) is 0 Å². The first kappa shape index (κ1) is 20.7. The molecule has 0 saturated carbocycles. The van der Waals surface area contributed by atoms with Crippen molar-refractivity contribution in [3.8, 4) is 0 Å². The van der Waals surface area contributed by atoms with E-state index < -0.39 is 30.0 Å². The maximum atomic E-state index is 12.9. The third kappa shape index (κ3) is 4.04. The summed E-state index contributed by atoms with van der Waals surface area (Å²) in [5.41, 5.74) is 0.0937. The van der Waals surface area contributed by atoms with Crippen molar-refractivity contribution in [2.24, 2.45) is 0 Å². The molecule has 0 spiro atoms. The molecule has 0 amide bonds. The van der Waals surface area contributed by atoms with Crippen LogP contribution >= 0.6 is 11.6 Å². The van der Waals surface area contributed by atoms with Gasteiger partial charge in [0, 0.05) is 30.2 Å². The van der Waals surface area contributed by atoms with Crippen LogP contribution in [0, 0.1) is 10.1 Å². The number of sulfone groups is 1. The topological polar surface area (TPSA) is 115 Å². The molecule has 28 heavy (non-hydrogen) atoms. The first-order chi connectivity index (χ1) is 13.1. The number of hydrogen-bond donors (Lipinski definition) is 0. The van der Waals surface area contributed by atoms with E-state index in [0.717, 1.165) is 10.4 Å². The smallest absolute Gasteiger partial charge is 0.258 e. The van der Waals surface area contributed by atoms with Crippen LogP contribution < -0.4 is 0 Å². The molecule has 11 heteroatoms. The van der Waals surface area contributed by atoms with Gasteiger partial charge < -0.3 is 0 Å². The summed E-state index contributed by atoms with van der Waals surface area (Å²) < 4.78 is 52.4. The van der Waals surface area contributed by atoms with Crippen molar-refractivity contribution in [1.29, 1.82) is 0 Å². The molecular weight excluding hydrogens is 428 g/mol. The lowest BCUT2D eigenvalue weighted by Crippen LogP contribution is -2.33. The molecule has 0 bridgehead atoms. The van der Waals surface area contributed by atoms with E-state index in [-0.39, 0.29) is 35.8 Å². The summed E-state index contributed by atoms with van der Waals surface area (Å²) in [5, 5.41) is 10.3. The summed E-state index contributed by atoms with van der Waals surface area (Å²) in [6, 6.07) is 11.3. The van der Waals surface area contributed by atoms with Gasteiger partial charge in [-0.3, -0.25) is 10.1 Å². The summed E-state index contributed by atoms with van der Waals surface area (Å²) >= 11 is 6.15. The predicted octanol–water partition coefficient (Wildman–Crippen LogP) is 2.80. The molecule has 1 unspecified atom stereocenters. The number of benzene rings is 2. The lowest BCUT2D eigenvalue weighted by atomic mass is 10.1. The van der Waals surface area contributed by atoms with Gasteiger partial charge in [-0.05, 0) is 24.1 Å². The van der Waals surface area contributed by atoms with Gasteiger partial charge in [-0.1, -0.05) is 35.9 Å². The van der Waals surface area contributed by atoms with Gasteiger partial charge in [0.05, 0.1) is 20.8 Å². The summed E-state index contributed by atoms with van der Waals surface area (Å²) in [6.45, 7) is -0.269.